The third kappa shape index (κ3) is 6.00. The number of hydrazone groups is 1. The summed E-state index contributed by atoms with van der Waals surface area (Å²) in [7, 11) is 0. The molecule has 0 aliphatic rings. The monoisotopic (exact) mass is 324 g/mol. The van der Waals surface area contributed by atoms with Gasteiger partial charge < -0.3 is 5.32 Å². The van der Waals surface area contributed by atoms with Crippen LogP contribution in [0.3, 0.4) is 0 Å². The molecule has 2 amide bonds. The Morgan fingerprint density at radius 3 is 2.50 bits per heavy atom. The molecule has 0 bridgehead atoms. The van der Waals surface area contributed by atoms with Crippen LogP contribution in [0.1, 0.15) is 24.6 Å². The first-order valence-electron chi connectivity index (χ1n) is 7.70. The summed E-state index contributed by atoms with van der Waals surface area (Å²) >= 11 is 0. The van der Waals surface area contributed by atoms with E-state index in [1.165, 1.54) is 5.56 Å². The van der Waals surface area contributed by atoms with Gasteiger partial charge in [0.05, 0.1) is 12.2 Å². The summed E-state index contributed by atoms with van der Waals surface area (Å²) < 4.78 is 0. The van der Waals surface area contributed by atoms with Crippen LogP contribution in [-0.2, 0) is 22.6 Å². The summed E-state index contributed by atoms with van der Waals surface area (Å²) in [4.78, 5) is 27.4. The van der Waals surface area contributed by atoms with Gasteiger partial charge in [-0.2, -0.15) is 5.10 Å². The largest absolute Gasteiger partial charge is 0.342 e. The fraction of sp³-hybridized carbons (Fsp3) is 0.222. The smallest absolute Gasteiger partial charge is 0.329 e. The lowest BCUT2D eigenvalue weighted by atomic mass is 10.1. The highest BCUT2D eigenvalue weighted by Crippen LogP contribution is 2.03. The van der Waals surface area contributed by atoms with E-state index in [1.807, 2.05) is 43.3 Å². The molecule has 6 heteroatoms. The van der Waals surface area contributed by atoms with Crippen LogP contribution in [0, 0.1) is 0 Å². The van der Waals surface area contributed by atoms with Crippen LogP contribution in [-0.4, -0.2) is 22.5 Å². The van der Waals surface area contributed by atoms with Crippen molar-refractivity contribution >= 4 is 17.5 Å². The Hall–Kier alpha value is -3.02. The van der Waals surface area contributed by atoms with Gasteiger partial charge in [-0.15, -0.1) is 0 Å². The molecule has 0 unspecified atom stereocenters. The molecule has 2 aromatic rings. The van der Waals surface area contributed by atoms with Crippen molar-refractivity contribution in [2.75, 3.05) is 0 Å². The lowest BCUT2D eigenvalue weighted by molar-refractivity contribution is -0.139. The molecule has 6 nitrogen and oxygen atoms in total. The number of hydrogen-bond donors (Lipinski definition) is 2. The molecular formula is C18H20N4O2. The van der Waals surface area contributed by atoms with Crippen molar-refractivity contribution in [3.63, 3.8) is 0 Å². The zero-order valence-corrected chi connectivity index (χ0v) is 13.5. The summed E-state index contributed by atoms with van der Waals surface area (Å²) in [5.74, 6) is -1.52. The van der Waals surface area contributed by atoms with Crippen LogP contribution >= 0.6 is 0 Å². The Bertz CT molecular complexity index is 699. The molecule has 0 radical (unpaired) electrons. The molecule has 1 heterocycles. The minimum Gasteiger partial charge on any atom is -0.342 e. The second-order valence-corrected chi connectivity index (χ2v) is 5.28. The first-order valence-corrected chi connectivity index (χ1v) is 7.70. The van der Waals surface area contributed by atoms with E-state index in [1.54, 1.807) is 18.3 Å². The van der Waals surface area contributed by atoms with Gasteiger partial charge in [-0.05, 0) is 37.5 Å². The van der Waals surface area contributed by atoms with E-state index in [2.05, 4.69) is 20.8 Å². The number of nitrogens with zero attached hydrogens (tertiary/aromatic N) is 2. The number of rotatable bonds is 6. The van der Waals surface area contributed by atoms with E-state index in [4.69, 9.17) is 0 Å². The topological polar surface area (TPSA) is 83.5 Å². The molecule has 124 valence electrons. The first kappa shape index (κ1) is 17.3. The molecule has 0 fully saturated rings. The van der Waals surface area contributed by atoms with Crippen molar-refractivity contribution < 1.29 is 9.59 Å². The van der Waals surface area contributed by atoms with Gasteiger partial charge in [0.25, 0.3) is 0 Å². The minimum absolute atomic E-state index is 0.198. The molecule has 0 aliphatic carbocycles. The van der Waals surface area contributed by atoms with Crippen molar-refractivity contribution in [3.8, 4) is 0 Å². The van der Waals surface area contributed by atoms with Gasteiger partial charge in [-0.25, -0.2) is 5.43 Å². The Labute approximate surface area is 141 Å². The summed E-state index contributed by atoms with van der Waals surface area (Å²) in [5, 5.41) is 6.45. The number of amides is 2. The number of nitrogens with one attached hydrogen (secondary N) is 2. The Morgan fingerprint density at radius 2 is 1.79 bits per heavy atom. The van der Waals surface area contributed by atoms with Crippen molar-refractivity contribution in [1.29, 1.82) is 0 Å². The van der Waals surface area contributed by atoms with E-state index in [9.17, 15) is 9.59 Å². The SMILES string of the molecule is C/C(CCc1ccccc1)=N\NC(=O)C(=O)NCc1ccccn1. The van der Waals surface area contributed by atoms with Crippen LogP contribution in [0.15, 0.2) is 59.8 Å². The van der Waals surface area contributed by atoms with E-state index < -0.39 is 11.8 Å². The number of hydrogen-bond acceptors (Lipinski definition) is 4. The zero-order valence-electron chi connectivity index (χ0n) is 13.5. The molecular weight excluding hydrogens is 304 g/mol. The van der Waals surface area contributed by atoms with Gasteiger partial charge in [0, 0.05) is 11.9 Å². The summed E-state index contributed by atoms with van der Waals surface area (Å²) in [5.41, 5.74) is 4.91. The van der Waals surface area contributed by atoms with E-state index in [0.717, 1.165) is 12.1 Å². The molecule has 1 aromatic carbocycles. The second kappa shape index (κ2) is 9.19. The normalized spacial score (nSPS) is 11.0. The predicted molar refractivity (Wildman–Crippen MR) is 92.1 cm³/mol. The number of aryl methyl sites for hydroxylation is 1. The van der Waals surface area contributed by atoms with Crippen molar-refractivity contribution in [2.45, 2.75) is 26.3 Å². The third-order valence-electron chi connectivity index (χ3n) is 3.33. The van der Waals surface area contributed by atoms with Crippen molar-refractivity contribution in [3.05, 3.63) is 66.0 Å². The van der Waals surface area contributed by atoms with Crippen LogP contribution < -0.4 is 10.7 Å². The fourth-order valence-corrected chi connectivity index (χ4v) is 1.98. The molecule has 24 heavy (non-hydrogen) atoms. The Morgan fingerprint density at radius 1 is 1.04 bits per heavy atom. The maximum Gasteiger partial charge on any atom is 0.329 e. The van der Waals surface area contributed by atoms with Gasteiger partial charge in [-0.1, -0.05) is 36.4 Å². The lowest BCUT2D eigenvalue weighted by Gasteiger charge is -2.05. The zero-order chi connectivity index (χ0) is 17.2. The molecule has 0 atom stereocenters. The lowest BCUT2D eigenvalue weighted by Crippen LogP contribution is -2.37. The molecule has 1 aromatic heterocycles. The van der Waals surface area contributed by atoms with Crippen LogP contribution in [0.4, 0.5) is 0 Å². The number of carbonyl (C=O) groups is 2. The van der Waals surface area contributed by atoms with Crippen molar-refractivity contribution in [1.82, 2.24) is 15.7 Å². The van der Waals surface area contributed by atoms with Gasteiger partial charge >= 0.3 is 11.8 Å². The van der Waals surface area contributed by atoms with Gasteiger partial charge in [0.2, 0.25) is 0 Å². The Kier molecular flexibility index (Phi) is 6.64. The molecule has 0 saturated heterocycles. The van der Waals surface area contributed by atoms with Crippen LogP contribution in [0.2, 0.25) is 0 Å². The molecule has 0 saturated carbocycles. The van der Waals surface area contributed by atoms with E-state index in [-0.39, 0.29) is 6.54 Å². The molecule has 2 N–H and O–H groups in total. The van der Waals surface area contributed by atoms with E-state index >= 15 is 0 Å². The number of benzene rings is 1. The first-order chi connectivity index (χ1) is 11.6. The highest BCUT2D eigenvalue weighted by atomic mass is 16.2. The maximum atomic E-state index is 11.7. The van der Waals surface area contributed by atoms with Gasteiger partial charge in [0.1, 0.15) is 0 Å². The maximum absolute atomic E-state index is 11.7. The summed E-state index contributed by atoms with van der Waals surface area (Å²) in [6, 6.07) is 15.4. The van der Waals surface area contributed by atoms with Gasteiger partial charge in [0.15, 0.2) is 0 Å². The standard InChI is InChI=1S/C18H20N4O2/c1-14(10-11-15-7-3-2-4-8-15)21-22-18(24)17(23)20-13-16-9-5-6-12-19-16/h2-9,12H,10-11,13H2,1H3,(H,20,23)(H,22,24)/b21-14+. The Balaban J connectivity index is 1.73. The van der Waals surface area contributed by atoms with Crippen LogP contribution in [0.5, 0.6) is 0 Å². The minimum atomic E-state index is -0.787. The molecule has 0 spiro atoms. The molecule has 2 rings (SSSR count). The molecule has 0 aliphatic heterocycles. The highest BCUT2D eigenvalue weighted by Gasteiger charge is 2.12. The van der Waals surface area contributed by atoms with E-state index in [0.29, 0.717) is 12.1 Å². The average molecular weight is 324 g/mol. The van der Waals surface area contributed by atoms with Gasteiger partial charge in [-0.3, -0.25) is 14.6 Å². The average Bonchev–Trinajstić information content (AvgIpc) is 2.64. The predicted octanol–water partition coefficient (Wildman–Crippen LogP) is 1.82. The third-order valence-corrected chi connectivity index (χ3v) is 3.33. The summed E-state index contributed by atoms with van der Waals surface area (Å²) in [6.07, 6.45) is 3.17. The quantitative estimate of drug-likeness (QED) is 0.483. The number of pyridine rings is 1. The highest BCUT2D eigenvalue weighted by molar-refractivity contribution is 6.35. The summed E-state index contributed by atoms with van der Waals surface area (Å²) in [6.45, 7) is 2.01. The van der Waals surface area contributed by atoms with Crippen LogP contribution in [0.25, 0.3) is 0 Å². The second-order valence-electron chi connectivity index (χ2n) is 5.28. The fourth-order valence-electron chi connectivity index (χ4n) is 1.98. The van der Waals surface area contributed by atoms with Crippen molar-refractivity contribution in [2.24, 2.45) is 5.10 Å². The number of aromatic nitrogens is 1. The number of carbonyl (C=O) groups excluding carboxylic acids is 2.